The molecule has 1 unspecified atom stereocenters. The van der Waals surface area contributed by atoms with Crippen LogP contribution in [0.3, 0.4) is 0 Å². The standard InChI is InChI=1S/C22H26F2N4O/c1-2-29-27-21(17-4-5-18(23)19(24)11-17)20-6-3-16(12-26-20)13-28-10-8-22(15-28)7-9-25-14-22/h3-6,11-12,25H,2,7-10,13-15H2,1H3. The van der Waals surface area contributed by atoms with Gasteiger partial charge in [0.15, 0.2) is 11.6 Å². The fraction of sp³-hybridized carbons (Fsp3) is 0.455. The van der Waals surface area contributed by atoms with Crippen molar-refractivity contribution in [3.8, 4) is 0 Å². The molecule has 0 saturated carbocycles. The summed E-state index contributed by atoms with van der Waals surface area (Å²) in [5.41, 5.74) is 2.93. The van der Waals surface area contributed by atoms with Crippen molar-refractivity contribution >= 4 is 5.71 Å². The zero-order chi connectivity index (χ0) is 20.3. The third kappa shape index (κ3) is 4.46. The molecule has 29 heavy (non-hydrogen) atoms. The normalized spacial score (nSPS) is 22.5. The average Bonchev–Trinajstić information content (AvgIpc) is 3.35. The SMILES string of the molecule is CCON=C(c1ccc(F)c(F)c1)c1ccc(CN2CCC3(CCNC3)C2)cn1. The largest absolute Gasteiger partial charge is 0.396 e. The number of rotatable bonds is 6. The molecule has 7 heteroatoms. The first-order chi connectivity index (χ1) is 14.1. The van der Waals surface area contributed by atoms with Gasteiger partial charge < -0.3 is 10.2 Å². The number of pyridine rings is 1. The molecular formula is C22H26F2N4O. The summed E-state index contributed by atoms with van der Waals surface area (Å²) in [5.74, 6) is -1.82. The van der Waals surface area contributed by atoms with Crippen LogP contribution in [0.25, 0.3) is 0 Å². The maximum absolute atomic E-state index is 13.7. The summed E-state index contributed by atoms with van der Waals surface area (Å²) >= 11 is 0. The molecule has 1 aromatic heterocycles. The lowest BCUT2D eigenvalue weighted by molar-refractivity contribution is 0.159. The van der Waals surface area contributed by atoms with Crippen LogP contribution in [0.1, 0.15) is 36.6 Å². The van der Waals surface area contributed by atoms with Crippen molar-refractivity contribution in [1.82, 2.24) is 15.2 Å². The van der Waals surface area contributed by atoms with E-state index in [1.807, 2.05) is 25.3 Å². The Balaban J connectivity index is 1.49. The fourth-order valence-corrected chi connectivity index (χ4v) is 4.24. The molecular weight excluding hydrogens is 374 g/mol. The van der Waals surface area contributed by atoms with E-state index < -0.39 is 11.6 Å². The maximum Gasteiger partial charge on any atom is 0.159 e. The first-order valence-corrected chi connectivity index (χ1v) is 10.1. The first kappa shape index (κ1) is 19.9. The summed E-state index contributed by atoms with van der Waals surface area (Å²) in [7, 11) is 0. The molecule has 5 nitrogen and oxygen atoms in total. The Morgan fingerprint density at radius 1 is 1.24 bits per heavy atom. The van der Waals surface area contributed by atoms with Crippen LogP contribution in [-0.4, -0.2) is 48.4 Å². The molecule has 3 heterocycles. The Kier molecular flexibility index (Phi) is 5.87. The van der Waals surface area contributed by atoms with Gasteiger partial charge in [-0.2, -0.15) is 0 Å². The number of halogens is 2. The molecule has 2 aromatic rings. The van der Waals surface area contributed by atoms with E-state index in [-0.39, 0.29) is 0 Å². The molecule has 0 radical (unpaired) electrons. The molecule has 154 valence electrons. The number of hydrogen-bond donors (Lipinski definition) is 1. The lowest BCUT2D eigenvalue weighted by Crippen LogP contribution is -2.29. The van der Waals surface area contributed by atoms with Crippen molar-refractivity contribution in [1.29, 1.82) is 0 Å². The van der Waals surface area contributed by atoms with Gasteiger partial charge in [0.1, 0.15) is 12.3 Å². The van der Waals surface area contributed by atoms with Crippen molar-refractivity contribution in [3.63, 3.8) is 0 Å². The molecule has 0 aliphatic carbocycles. The van der Waals surface area contributed by atoms with Crippen molar-refractivity contribution in [2.45, 2.75) is 26.3 Å². The quantitative estimate of drug-likeness (QED) is 0.597. The van der Waals surface area contributed by atoms with Gasteiger partial charge in [0.2, 0.25) is 0 Å². The molecule has 2 aliphatic rings. The molecule has 1 N–H and O–H groups in total. The summed E-state index contributed by atoms with van der Waals surface area (Å²) in [4.78, 5) is 12.2. The Bertz CT molecular complexity index is 879. The van der Waals surface area contributed by atoms with E-state index >= 15 is 0 Å². The van der Waals surface area contributed by atoms with Gasteiger partial charge in [-0.25, -0.2) is 8.78 Å². The average molecular weight is 400 g/mol. The van der Waals surface area contributed by atoms with Gasteiger partial charge in [-0.3, -0.25) is 9.88 Å². The van der Waals surface area contributed by atoms with E-state index in [1.165, 1.54) is 18.9 Å². The van der Waals surface area contributed by atoms with Gasteiger partial charge in [-0.05, 0) is 68.1 Å². The van der Waals surface area contributed by atoms with Crippen LogP contribution >= 0.6 is 0 Å². The van der Waals surface area contributed by atoms with Crippen molar-refractivity contribution in [2.75, 3.05) is 32.8 Å². The minimum atomic E-state index is -0.923. The van der Waals surface area contributed by atoms with Crippen LogP contribution in [0.5, 0.6) is 0 Å². The molecule has 0 amide bonds. The van der Waals surface area contributed by atoms with Crippen LogP contribution in [0.4, 0.5) is 8.78 Å². The number of aromatic nitrogens is 1. The topological polar surface area (TPSA) is 49.8 Å². The lowest BCUT2D eigenvalue weighted by Gasteiger charge is -2.22. The summed E-state index contributed by atoms with van der Waals surface area (Å²) < 4.78 is 27.0. The first-order valence-electron chi connectivity index (χ1n) is 10.1. The van der Waals surface area contributed by atoms with Gasteiger partial charge in [-0.1, -0.05) is 11.2 Å². The second-order valence-corrected chi connectivity index (χ2v) is 7.93. The fourth-order valence-electron chi connectivity index (χ4n) is 4.24. The van der Waals surface area contributed by atoms with Gasteiger partial charge in [-0.15, -0.1) is 0 Å². The highest BCUT2D eigenvalue weighted by molar-refractivity contribution is 6.11. The molecule has 2 saturated heterocycles. The van der Waals surface area contributed by atoms with Crippen molar-refractivity contribution < 1.29 is 13.6 Å². The molecule has 2 aliphatic heterocycles. The predicted octanol–water partition coefficient (Wildman–Crippen LogP) is 3.33. The smallest absolute Gasteiger partial charge is 0.159 e. The van der Waals surface area contributed by atoms with E-state index in [2.05, 4.69) is 20.4 Å². The van der Waals surface area contributed by atoms with Gasteiger partial charge >= 0.3 is 0 Å². The number of likely N-dealkylation sites (tertiary alicyclic amines) is 1. The summed E-state index contributed by atoms with van der Waals surface area (Å²) in [6.45, 7) is 7.51. The second-order valence-electron chi connectivity index (χ2n) is 7.93. The van der Waals surface area contributed by atoms with E-state index in [4.69, 9.17) is 4.84 Å². The van der Waals surface area contributed by atoms with Crippen LogP contribution in [0.2, 0.25) is 0 Å². The minimum absolute atomic E-state index is 0.372. The highest BCUT2D eigenvalue weighted by Crippen LogP contribution is 2.36. The molecule has 1 atom stereocenters. The predicted molar refractivity (Wildman–Crippen MR) is 108 cm³/mol. The maximum atomic E-state index is 13.7. The molecule has 2 fully saturated rings. The monoisotopic (exact) mass is 400 g/mol. The van der Waals surface area contributed by atoms with E-state index in [0.717, 1.165) is 50.4 Å². The highest BCUT2D eigenvalue weighted by Gasteiger charge is 2.40. The lowest BCUT2D eigenvalue weighted by atomic mass is 9.87. The van der Waals surface area contributed by atoms with E-state index in [1.54, 1.807) is 0 Å². The van der Waals surface area contributed by atoms with Crippen LogP contribution in [0, 0.1) is 17.0 Å². The number of hydrogen-bond acceptors (Lipinski definition) is 5. The third-order valence-corrected chi connectivity index (χ3v) is 5.80. The summed E-state index contributed by atoms with van der Waals surface area (Å²) in [5, 5.41) is 7.57. The molecule has 1 spiro atoms. The molecule has 4 rings (SSSR count). The van der Waals surface area contributed by atoms with Crippen LogP contribution < -0.4 is 5.32 Å². The van der Waals surface area contributed by atoms with E-state index in [0.29, 0.717) is 29.0 Å². The zero-order valence-corrected chi connectivity index (χ0v) is 16.6. The molecule has 1 aromatic carbocycles. The van der Waals surface area contributed by atoms with Crippen LogP contribution in [0.15, 0.2) is 41.7 Å². The Labute approximate surface area is 169 Å². The molecule has 0 bridgehead atoms. The summed E-state index contributed by atoms with van der Waals surface area (Å²) in [6.07, 6.45) is 4.33. The number of nitrogens with zero attached hydrogens (tertiary/aromatic N) is 3. The van der Waals surface area contributed by atoms with Gasteiger partial charge in [0, 0.05) is 31.4 Å². The third-order valence-electron chi connectivity index (χ3n) is 5.80. The minimum Gasteiger partial charge on any atom is -0.396 e. The number of nitrogens with one attached hydrogen (secondary N) is 1. The van der Waals surface area contributed by atoms with Crippen molar-refractivity contribution in [2.24, 2.45) is 10.6 Å². The number of oxime groups is 1. The van der Waals surface area contributed by atoms with E-state index in [9.17, 15) is 8.78 Å². The Morgan fingerprint density at radius 3 is 2.83 bits per heavy atom. The zero-order valence-electron chi connectivity index (χ0n) is 16.6. The Hall–Kier alpha value is -2.38. The Morgan fingerprint density at radius 2 is 2.14 bits per heavy atom. The van der Waals surface area contributed by atoms with Crippen LogP contribution in [-0.2, 0) is 11.4 Å². The van der Waals surface area contributed by atoms with Gasteiger partial charge in [0.05, 0.1) is 5.69 Å². The number of benzene rings is 1. The summed E-state index contributed by atoms with van der Waals surface area (Å²) in [6, 6.07) is 7.55. The highest BCUT2D eigenvalue weighted by atomic mass is 19.2. The van der Waals surface area contributed by atoms with Gasteiger partial charge in [0.25, 0.3) is 0 Å². The second kappa shape index (κ2) is 8.55. The van der Waals surface area contributed by atoms with Crippen molar-refractivity contribution in [3.05, 3.63) is 65.0 Å².